The molecule has 0 aromatic rings. The minimum atomic E-state index is 0.603. The lowest BCUT2D eigenvalue weighted by atomic mass is 9.80. The van der Waals surface area contributed by atoms with Crippen molar-refractivity contribution in [3.8, 4) is 0 Å². The fraction of sp³-hybridized carbons (Fsp3) is 1.00. The number of nitrogens with one attached hydrogen (secondary N) is 1. The van der Waals surface area contributed by atoms with Gasteiger partial charge in [-0.3, -0.25) is 0 Å². The molecule has 86 valence electrons. The highest BCUT2D eigenvalue weighted by Crippen LogP contribution is 2.60. The fourth-order valence-corrected chi connectivity index (χ4v) is 3.41. The lowest BCUT2D eigenvalue weighted by molar-refractivity contribution is 0.126. The van der Waals surface area contributed by atoms with Crippen molar-refractivity contribution in [2.24, 2.45) is 17.3 Å². The largest absolute Gasteiger partial charge is 0.385 e. The summed E-state index contributed by atoms with van der Waals surface area (Å²) in [5.41, 5.74) is 0.603. The van der Waals surface area contributed by atoms with E-state index >= 15 is 0 Å². The van der Waals surface area contributed by atoms with Gasteiger partial charge in [0.05, 0.1) is 0 Å². The Kier molecular flexibility index (Phi) is 2.52. The summed E-state index contributed by atoms with van der Waals surface area (Å²) in [6.07, 6.45) is 8.57. The molecule has 3 aliphatic carbocycles. The molecule has 0 aromatic heterocycles. The maximum Gasteiger partial charge on any atom is 0.0468 e. The van der Waals surface area contributed by atoms with E-state index in [1.807, 2.05) is 7.11 Å². The Labute approximate surface area is 92.8 Å². The molecule has 3 saturated carbocycles. The van der Waals surface area contributed by atoms with Gasteiger partial charge in [0.25, 0.3) is 0 Å². The summed E-state index contributed by atoms with van der Waals surface area (Å²) < 4.78 is 5.27. The summed E-state index contributed by atoms with van der Waals surface area (Å²) in [6, 6.07) is 0.862. The van der Waals surface area contributed by atoms with Crippen LogP contribution in [0.25, 0.3) is 0 Å². The van der Waals surface area contributed by atoms with Crippen LogP contribution in [0.1, 0.15) is 38.5 Å². The van der Waals surface area contributed by atoms with Crippen LogP contribution >= 0.6 is 0 Å². The molecule has 0 spiro atoms. The number of hydrogen-bond acceptors (Lipinski definition) is 2. The van der Waals surface area contributed by atoms with E-state index in [-0.39, 0.29) is 0 Å². The first-order valence-electron chi connectivity index (χ1n) is 6.54. The lowest BCUT2D eigenvalue weighted by Crippen LogP contribution is -2.35. The van der Waals surface area contributed by atoms with Crippen LogP contribution in [-0.2, 0) is 4.74 Å². The van der Waals surface area contributed by atoms with Crippen molar-refractivity contribution in [1.29, 1.82) is 0 Å². The Morgan fingerprint density at radius 2 is 2.00 bits per heavy atom. The van der Waals surface area contributed by atoms with Crippen LogP contribution in [0.4, 0.5) is 0 Å². The van der Waals surface area contributed by atoms with Gasteiger partial charge in [-0.2, -0.15) is 0 Å². The van der Waals surface area contributed by atoms with E-state index in [4.69, 9.17) is 4.74 Å². The van der Waals surface area contributed by atoms with Crippen LogP contribution in [0.15, 0.2) is 0 Å². The van der Waals surface area contributed by atoms with Gasteiger partial charge < -0.3 is 10.1 Å². The molecule has 2 unspecified atom stereocenters. The van der Waals surface area contributed by atoms with Gasteiger partial charge in [0.2, 0.25) is 0 Å². The van der Waals surface area contributed by atoms with Crippen molar-refractivity contribution >= 4 is 0 Å². The first kappa shape index (κ1) is 10.1. The fourth-order valence-electron chi connectivity index (χ4n) is 3.41. The summed E-state index contributed by atoms with van der Waals surface area (Å²) in [4.78, 5) is 0. The van der Waals surface area contributed by atoms with Crippen molar-refractivity contribution < 1.29 is 4.74 Å². The Morgan fingerprint density at radius 3 is 2.60 bits per heavy atom. The van der Waals surface area contributed by atoms with Gasteiger partial charge in [0, 0.05) is 26.3 Å². The molecule has 2 atom stereocenters. The van der Waals surface area contributed by atoms with Gasteiger partial charge in [-0.05, 0) is 55.8 Å². The van der Waals surface area contributed by atoms with Crippen molar-refractivity contribution in [1.82, 2.24) is 5.32 Å². The topological polar surface area (TPSA) is 21.3 Å². The average Bonchev–Trinajstić information content (AvgIpc) is 3.14. The number of ether oxygens (including phenoxy) is 1. The zero-order valence-electron chi connectivity index (χ0n) is 9.80. The van der Waals surface area contributed by atoms with Gasteiger partial charge >= 0.3 is 0 Å². The zero-order chi connectivity index (χ0) is 10.3. The molecule has 3 fully saturated rings. The maximum atomic E-state index is 5.27. The van der Waals surface area contributed by atoms with Gasteiger partial charge in [-0.25, -0.2) is 0 Å². The molecule has 0 heterocycles. The molecular weight excluding hydrogens is 186 g/mol. The van der Waals surface area contributed by atoms with Crippen molar-refractivity contribution in [2.75, 3.05) is 20.3 Å². The third-order valence-corrected chi connectivity index (χ3v) is 4.64. The van der Waals surface area contributed by atoms with E-state index in [1.54, 1.807) is 0 Å². The van der Waals surface area contributed by atoms with Gasteiger partial charge in [0.1, 0.15) is 0 Å². The SMILES string of the molecule is COCCC1(CNC2CC2)CC2CC2C1. The standard InChI is InChI=1S/C13H23NO/c1-15-5-4-13(9-14-12-2-3-12)7-10-6-11(10)8-13/h10-12,14H,2-9H2,1H3. The number of rotatable bonds is 6. The predicted molar refractivity (Wildman–Crippen MR) is 60.8 cm³/mol. The van der Waals surface area contributed by atoms with Gasteiger partial charge in [-0.15, -0.1) is 0 Å². The highest BCUT2D eigenvalue weighted by atomic mass is 16.5. The molecule has 0 saturated heterocycles. The lowest BCUT2D eigenvalue weighted by Gasteiger charge is -2.31. The number of hydrogen-bond donors (Lipinski definition) is 1. The van der Waals surface area contributed by atoms with Crippen LogP contribution in [0.2, 0.25) is 0 Å². The molecule has 2 heteroatoms. The van der Waals surface area contributed by atoms with E-state index < -0.39 is 0 Å². The second-order valence-corrected chi connectivity index (χ2v) is 6.06. The highest BCUT2D eigenvalue weighted by molar-refractivity contribution is 5.04. The van der Waals surface area contributed by atoms with Gasteiger partial charge in [-0.1, -0.05) is 0 Å². The third-order valence-electron chi connectivity index (χ3n) is 4.64. The Bertz CT molecular complexity index is 227. The Balaban J connectivity index is 1.54. The quantitative estimate of drug-likeness (QED) is 0.724. The molecular formula is C13H23NO. The molecule has 0 aromatic carbocycles. The van der Waals surface area contributed by atoms with E-state index in [1.165, 1.54) is 45.1 Å². The van der Waals surface area contributed by atoms with Gasteiger partial charge in [0.15, 0.2) is 0 Å². The Hall–Kier alpha value is -0.0800. The minimum Gasteiger partial charge on any atom is -0.385 e. The third kappa shape index (κ3) is 2.21. The summed E-state index contributed by atoms with van der Waals surface area (Å²) >= 11 is 0. The van der Waals surface area contributed by atoms with E-state index in [0.29, 0.717) is 5.41 Å². The van der Waals surface area contributed by atoms with Crippen molar-refractivity contribution in [2.45, 2.75) is 44.6 Å². The monoisotopic (exact) mass is 209 g/mol. The van der Waals surface area contributed by atoms with Crippen LogP contribution < -0.4 is 5.32 Å². The smallest absolute Gasteiger partial charge is 0.0468 e. The van der Waals surface area contributed by atoms with E-state index in [2.05, 4.69) is 5.32 Å². The maximum absolute atomic E-state index is 5.27. The zero-order valence-corrected chi connectivity index (χ0v) is 9.80. The van der Waals surface area contributed by atoms with Crippen LogP contribution in [0.5, 0.6) is 0 Å². The van der Waals surface area contributed by atoms with Crippen LogP contribution in [0.3, 0.4) is 0 Å². The summed E-state index contributed by atoms with van der Waals surface area (Å²) in [6.45, 7) is 2.21. The molecule has 0 amide bonds. The average molecular weight is 209 g/mol. The Morgan fingerprint density at radius 1 is 1.27 bits per heavy atom. The second kappa shape index (κ2) is 3.74. The van der Waals surface area contributed by atoms with E-state index in [0.717, 1.165) is 24.5 Å². The number of methoxy groups -OCH3 is 1. The van der Waals surface area contributed by atoms with Crippen LogP contribution in [-0.4, -0.2) is 26.3 Å². The molecule has 3 aliphatic rings. The second-order valence-electron chi connectivity index (χ2n) is 6.06. The van der Waals surface area contributed by atoms with Crippen molar-refractivity contribution in [3.63, 3.8) is 0 Å². The first-order chi connectivity index (χ1) is 7.31. The predicted octanol–water partition coefficient (Wildman–Crippen LogP) is 2.19. The molecule has 0 radical (unpaired) electrons. The molecule has 2 nitrogen and oxygen atoms in total. The van der Waals surface area contributed by atoms with Crippen molar-refractivity contribution in [3.05, 3.63) is 0 Å². The molecule has 15 heavy (non-hydrogen) atoms. The van der Waals surface area contributed by atoms with Crippen LogP contribution in [0, 0.1) is 17.3 Å². The molecule has 1 N–H and O–H groups in total. The number of fused-ring (bicyclic) bond motifs is 1. The molecule has 0 bridgehead atoms. The highest BCUT2D eigenvalue weighted by Gasteiger charge is 2.53. The molecule has 3 rings (SSSR count). The minimum absolute atomic E-state index is 0.603. The first-order valence-corrected chi connectivity index (χ1v) is 6.54. The summed E-state index contributed by atoms with van der Waals surface area (Å²) in [7, 11) is 1.83. The summed E-state index contributed by atoms with van der Waals surface area (Å²) in [5, 5.41) is 3.73. The molecule has 0 aliphatic heterocycles. The summed E-state index contributed by atoms with van der Waals surface area (Å²) in [5.74, 6) is 2.17. The normalized spacial score (nSPS) is 43.0. The van der Waals surface area contributed by atoms with E-state index in [9.17, 15) is 0 Å².